The Labute approximate surface area is 200 Å². The zero-order chi connectivity index (χ0) is 21.0. The molecule has 0 saturated heterocycles. The molecule has 0 aliphatic rings. The Morgan fingerprint density at radius 1 is 1.10 bits per heavy atom. The van der Waals surface area contributed by atoms with Gasteiger partial charge in [-0.1, -0.05) is 48.5 Å². The van der Waals surface area contributed by atoms with Crippen LogP contribution in [-0.2, 0) is 17.9 Å². The lowest BCUT2D eigenvalue weighted by Crippen LogP contribution is -2.42. The van der Waals surface area contributed by atoms with Crippen LogP contribution in [0.5, 0.6) is 0 Å². The lowest BCUT2D eigenvalue weighted by molar-refractivity contribution is 0.0308. The number of aromatic nitrogens is 1. The van der Waals surface area contributed by atoms with Crippen LogP contribution >= 0.6 is 24.0 Å². The van der Waals surface area contributed by atoms with Gasteiger partial charge >= 0.3 is 0 Å². The Hall–Kier alpha value is -2.43. The third kappa shape index (κ3) is 8.68. The van der Waals surface area contributed by atoms with Crippen molar-refractivity contribution in [2.24, 2.45) is 4.99 Å². The molecule has 31 heavy (non-hydrogen) atoms. The van der Waals surface area contributed by atoms with Gasteiger partial charge in [-0.3, -0.25) is 0 Å². The van der Waals surface area contributed by atoms with E-state index in [1.54, 1.807) is 6.26 Å². The molecule has 2 aromatic carbocycles. The number of hydrogen-bond acceptors (Lipinski definition) is 5. The normalized spacial score (nSPS) is 12.1. The quantitative estimate of drug-likeness (QED) is 0.209. The second-order valence-corrected chi connectivity index (χ2v) is 6.74. The molecule has 3 N–H and O–H groups in total. The summed E-state index contributed by atoms with van der Waals surface area (Å²) in [5.74, 6) is 1.17. The van der Waals surface area contributed by atoms with Crippen molar-refractivity contribution < 1.29 is 14.3 Å². The maximum atomic E-state index is 10.2. The van der Waals surface area contributed by atoms with E-state index < -0.39 is 6.10 Å². The zero-order valence-electron chi connectivity index (χ0n) is 17.5. The number of benzene rings is 2. The molecule has 0 aliphatic heterocycles. The molecule has 1 unspecified atom stereocenters. The number of nitrogens with one attached hydrogen (secondary N) is 2. The van der Waals surface area contributed by atoms with Gasteiger partial charge in [0.05, 0.1) is 25.9 Å². The smallest absolute Gasteiger partial charge is 0.226 e. The number of rotatable bonds is 10. The molecule has 0 fully saturated rings. The Morgan fingerprint density at radius 2 is 1.81 bits per heavy atom. The Morgan fingerprint density at radius 3 is 2.52 bits per heavy atom. The number of aliphatic hydroxyl groups excluding tert-OH is 1. The molecule has 0 aliphatic carbocycles. The molecule has 7 nitrogen and oxygen atoms in total. The first-order valence-corrected chi connectivity index (χ1v) is 10.1. The van der Waals surface area contributed by atoms with Gasteiger partial charge in [0, 0.05) is 18.7 Å². The molecule has 3 aromatic rings. The van der Waals surface area contributed by atoms with E-state index >= 15 is 0 Å². The van der Waals surface area contributed by atoms with E-state index in [4.69, 9.17) is 9.15 Å². The Balaban J connectivity index is 0.00000341. The summed E-state index contributed by atoms with van der Waals surface area (Å²) in [5.41, 5.74) is 2.74. The summed E-state index contributed by atoms with van der Waals surface area (Å²) in [5, 5.41) is 16.4. The predicted octanol–water partition coefficient (Wildman–Crippen LogP) is 3.59. The molecule has 1 aromatic heterocycles. The molecule has 0 bridgehead atoms. The van der Waals surface area contributed by atoms with E-state index in [2.05, 4.69) is 20.6 Å². The average Bonchev–Trinajstić information content (AvgIpc) is 3.26. The number of guanidine groups is 1. The SMILES string of the molecule is CCNC(=NCc1coc(-c2ccccc2)n1)NCC(O)COCc1ccccc1.I. The van der Waals surface area contributed by atoms with Crippen molar-refractivity contribution in [1.82, 2.24) is 15.6 Å². The van der Waals surface area contributed by atoms with Gasteiger partial charge in [-0.15, -0.1) is 24.0 Å². The van der Waals surface area contributed by atoms with Crippen LogP contribution in [0.25, 0.3) is 11.5 Å². The largest absolute Gasteiger partial charge is 0.444 e. The zero-order valence-corrected chi connectivity index (χ0v) is 19.9. The standard InChI is InChI=1S/C23H28N4O3.HI/c1-2-24-23(26-14-21(28)17-29-15-18-9-5-3-6-10-18)25-13-20-16-30-22(27-20)19-11-7-4-8-12-19;/h3-12,16,21,28H,2,13-15,17H2,1H3,(H2,24,25,26);1H. The van der Waals surface area contributed by atoms with Crippen molar-refractivity contribution >= 4 is 29.9 Å². The van der Waals surface area contributed by atoms with Crippen LogP contribution < -0.4 is 10.6 Å². The molecule has 1 heterocycles. The second-order valence-electron chi connectivity index (χ2n) is 6.74. The molecule has 0 saturated carbocycles. The first-order valence-electron chi connectivity index (χ1n) is 10.1. The van der Waals surface area contributed by atoms with Gasteiger partial charge in [0.2, 0.25) is 5.89 Å². The third-order valence-electron chi connectivity index (χ3n) is 4.24. The van der Waals surface area contributed by atoms with Gasteiger partial charge in [0.25, 0.3) is 0 Å². The van der Waals surface area contributed by atoms with Crippen LogP contribution in [-0.4, -0.2) is 41.9 Å². The highest BCUT2D eigenvalue weighted by Gasteiger charge is 2.08. The van der Waals surface area contributed by atoms with Crippen molar-refractivity contribution in [3.05, 3.63) is 78.2 Å². The summed E-state index contributed by atoms with van der Waals surface area (Å²) in [4.78, 5) is 8.99. The highest BCUT2D eigenvalue weighted by Crippen LogP contribution is 2.18. The molecule has 166 valence electrons. The van der Waals surface area contributed by atoms with Crippen molar-refractivity contribution in [2.75, 3.05) is 19.7 Å². The highest BCUT2D eigenvalue weighted by molar-refractivity contribution is 14.0. The number of aliphatic imine (C=N–C) groups is 1. The van der Waals surface area contributed by atoms with Gasteiger partial charge in [-0.25, -0.2) is 9.98 Å². The van der Waals surface area contributed by atoms with Gasteiger partial charge in [-0.2, -0.15) is 0 Å². The summed E-state index contributed by atoms with van der Waals surface area (Å²) >= 11 is 0. The number of oxazole rings is 1. The summed E-state index contributed by atoms with van der Waals surface area (Å²) in [7, 11) is 0. The van der Waals surface area contributed by atoms with E-state index in [9.17, 15) is 5.11 Å². The number of aliphatic hydroxyl groups is 1. The minimum atomic E-state index is -0.644. The summed E-state index contributed by atoms with van der Waals surface area (Å²) in [6.45, 7) is 4.11. The summed E-state index contributed by atoms with van der Waals surface area (Å²) < 4.78 is 11.1. The maximum Gasteiger partial charge on any atom is 0.226 e. The molecule has 1 atom stereocenters. The predicted molar refractivity (Wildman–Crippen MR) is 132 cm³/mol. The van der Waals surface area contributed by atoms with Gasteiger partial charge < -0.3 is 24.9 Å². The minimum Gasteiger partial charge on any atom is -0.444 e. The first-order chi connectivity index (χ1) is 14.7. The topological polar surface area (TPSA) is 91.9 Å². The fourth-order valence-electron chi connectivity index (χ4n) is 2.76. The fraction of sp³-hybridized carbons (Fsp3) is 0.304. The van der Waals surface area contributed by atoms with Gasteiger partial charge in [-0.05, 0) is 24.6 Å². The number of nitrogens with zero attached hydrogens (tertiary/aromatic N) is 2. The summed E-state index contributed by atoms with van der Waals surface area (Å²) in [6.07, 6.45) is 0.969. The van der Waals surface area contributed by atoms with Crippen LogP contribution in [0, 0.1) is 0 Å². The number of hydrogen-bond donors (Lipinski definition) is 3. The average molecular weight is 536 g/mol. The molecule has 3 rings (SSSR count). The molecule has 0 radical (unpaired) electrons. The van der Waals surface area contributed by atoms with Crippen LogP contribution in [0.15, 0.2) is 76.3 Å². The molecule has 0 spiro atoms. The molecule has 8 heteroatoms. The lowest BCUT2D eigenvalue weighted by Gasteiger charge is -2.15. The number of ether oxygens (including phenoxy) is 1. The molecular formula is C23H29IN4O3. The maximum absolute atomic E-state index is 10.2. The van der Waals surface area contributed by atoms with Gasteiger partial charge in [0.15, 0.2) is 5.96 Å². The van der Waals surface area contributed by atoms with E-state index in [1.807, 2.05) is 67.6 Å². The van der Waals surface area contributed by atoms with Crippen molar-refractivity contribution in [2.45, 2.75) is 26.2 Å². The van der Waals surface area contributed by atoms with Gasteiger partial charge in [0.1, 0.15) is 12.0 Å². The van der Waals surface area contributed by atoms with Crippen LogP contribution in [0.1, 0.15) is 18.2 Å². The van der Waals surface area contributed by atoms with E-state index in [-0.39, 0.29) is 30.6 Å². The third-order valence-corrected chi connectivity index (χ3v) is 4.24. The van der Waals surface area contributed by atoms with E-state index in [1.165, 1.54) is 0 Å². The number of halogens is 1. The van der Waals surface area contributed by atoms with Crippen molar-refractivity contribution in [1.29, 1.82) is 0 Å². The molecular weight excluding hydrogens is 507 g/mol. The minimum absolute atomic E-state index is 0. The Kier molecular flexibility index (Phi) is 11.0. The van der Waals surface area contributed by atoms with Crippen LogP contribution in [0.3, 0.4) is 0 Å². The van der Waals surface area contributed by atoms with E-state index in [0.29, 0.717) is 38.1 Å². The monoisotopic (exact) mass is 536 g/mol. The van der Waals surface area contributed by atoms with Crippen molar-refractivity contribution in [3.63, 3.8) is 0 Å². The summed E-state index contributed by atoms with van der Waals surface area (Å²) in [6, 6.07) is 19.6. The van der Waals surface area contributed by atoms with E-state index in [0.717, 1.165) is 16.8 Å². The Bertz CT molecular complexity index is 903. The first kappa shape index (κ1) is 24.8. The molecule has 0 amide bonds. The van der Waals surface area contributed by atoms with Crippen molar-refractivity contribution in [3.8, 4) is 11.5 Å². The highest BCUT2D eigenvalue weighted by atomic mass is 127. The van der Waals surface area contributed by atoms with Crippen LogP contribution in [0.4, 0.5) is 0 Å². The second kappa shape index (κ2) is 13.8. The fourth-order valence-corrected chi connectivity index (χ4v) is 2.76. The van der Waals surface area contributed by atoms with Crippen LogP contribution in [0.2, 0.25) is 0 Å². The lowest BCUT2D eigenvalue weighted by atomic mass is 10.2.